The lowest BCUT2D eigenvalue weighted by atomic mass is 9.64. The smallest absolute Gasteiger partial charge is 0.00953 e. The normalized spacial score (nSPS) is 63.5. The van der Waals surface area contributed by atoms with E-state index >= 15 is 0 Å². The molecule has 5 aliphatic carbocycles. The van der Waals surface area contributed by atoms with E-state index in [0.29, 0.717) is 0 Å². The monoisotopic (exact) mass is 262 g/mol. The molecule has 0 aromatic heterocycles. The molecule has 0 spiro atoms. The Morgan fingerprint density at radius 1 is 0.722 bits per heavy atom. The van der Waals surface area contributed by atoms with Gasteiger partial charge < -0.3 is 0 Å². The van der Waals surface area contributed by atoms with Crippen molar-refractivity contribution in [1.82, 2.24) is 0 Å². The maximum absolute atomic E-state index is 4.47. The fraction of sp³-hybridized carbons (Fsp3) is 1.00. The predicted octanol–water partition coefficient (Wildman–Crippen LogP) is 4.26. The van der Waals surface area contributed by atoms with E-state index in [9.17, 15) is 0 Å². The quantitative estimate of drug-likeness (QED) is 0.558. The molecule has 0 aromatic carbocycles. The minimum Gasteiger partial charge on any atom is -0.179 e. The zero-order valence-corrected chi connectivity index (χ0v) is 12.2. The topological polar surface area (TPSA) is 0 Å². The van der Waals surface area contributed by atoms with Gasteiger partial charge in [0, 0.05) is 0 Å². The van der Waals surface area contributed by atoms with Gasteiger partial charge in [0.05, 0.1) is 0 Å². The highest BCUT2D eigenvalue weighted by atomic mass is 32.1. The van der Waals surface area contributed by atoms with Gasteiger partial charge in [0.2, 0.25) is 0 Å². The lowest BCUT2D eigenvalue weighted by molar-refractivity contribution is 0.0716. The number of fused-ring (bicyclic) bond motifs is 12. The van der Waals surface area contributed by atoms with Crippen LogP contribution in [0.15, 0.2) is 0 Å². The van der Waals surface area contributed by atoms with Crippen LogP contribution >= 0.6 is 12.6 Å². The van der Waals surface area contributed by atoms with Crippen LogP contribution in [0.4, 0.5) is 0 Å². The zero-order chi connectivity index (χ0) is 11.9. The van der Waals surface area contributed by atoms with Crippen molar-refractivity contribution in [3.63, 3.8) is 0 Å². The molecule has 0 saturated heterocycles. The van der Waals surface area contributed by atoms with Crippen molar-refractivity contribution in [3.8, 4) is 0 Å². The molecular formula is C17H26S. The van der Waals surface area contributed by atoms with Gasteiger partial charge >= 0.3 is 0 Å². The molecule has 0 aliphatic heterocycles. The summed E-state index contributed by atoms with van der Waals surface area (Å²) in [6.45, 7) is 0. The minimum atomic E-state index is 1.05. The first-order valence-corrected chi connectivity index (χ1v) is 9.11. The largest absolute Gasteiger partial charge is 0.179 e. The molecular weight excluding hydrogens is 236 g/mol. The van der Waals surface area contributed by atoms with E-state index in [-0.39, 0.29) is 0 Å². The Labute approximate surface area is 117 Å². The molecule has 18 heavy (non-hydrogen) atoms. The van der Waals surface area contributed by atoms with Crippen molar-refractivity contribution in [2.75, 3.05) is 5.75 Å². The summed E-state index contributed by atoms with van der Waals surface area (Å²) in [7, 11) is 0. The van der Waals surface area contributed by atoms with Crippen LogP contribution in [-0.4, -0.2) is 5.75 Å². The van der Waals surface area contributed by atoms with Crippen LogP contribution in [0.5, 0.6) is 0 Å². The van der Waals surface area contributed by atoms with Gasteiger partial charge in [-0.3, -0.25) is 0 Å². The maximum atomic E-state index is 4.47. The van der Waals surface area contributed by atoms with Gasteiger partial charge in [-0.25, -0.2) is 0 Å². The highest BCUT2D eigenvalue weighted by molar-refractivity contribution is 7.80. The molecule has 8 atom stereocenters. The van der Waals surface area contributed by atoms with E-state index in [1.807, 2.05) is 0 Å². The number of hydrogen-bond acceptors (Lipinski definition) is 1. The second-order valence-corrected chi connectivity index (χ2v) is 8.68. The average Bonchev–Trinajstić information content (AvgIpc) is 3.11. The van der Waals surface area contributed by atoms with Crippen LogP contribution < -0.4 is 0 Å². The summed E-state index contributed by atoms with van der Waals surface area (Å²) in [4.78, 5) is 0. The Kier molecular flexibility index (Phi) is 2.28. The van der Waals surface area contributed by atoms with Crippen molar-refractivity contribution < 1.29 is 0 Å². The number of rotatable bonds is 2. The van der Waals surface area contributed by atoms with Gasteiger partial charge in [-0.2, -0.15) is 12.6 Å². The molecule has 0 radical (unpaired) electrons. The summed E-state index contributed by atoms with van der Waals surface area (Å²) in [6.07, 6.45) is 11.1. The van der Waals surface area contributed by atoms with Crippen molar-refractivity contribution in [2.24, 2.45) is 53.3 Å². The SMILES string of the molecule is SCCC1CC2C(C1)C1CC2C2C3CCC(C3)C12. The van der Waals surface area contributed by atoms with E-state index in [1.165, 1.54) is 53.8 Å². The molecule has 0 nitrogen and oxygen atoms in total. The van der Waals surface area contributed by atoms with Crippen LogP contribution in [-0.2, 0) is 0 Å². The molecule has 0 heterocycles. The Balaban J connectivity index is 1.43. The Hall–Kier alpha value is 0.350. The first-order chi connectivity index (χ1) is 8.86. The highest BCUT2D eigenvalue weighted by Crippen LogP contribution is 2.73. The fourth-order valence-electron chi connectivity index (χ4n) is 7.82. The van der Waals surface area contributed by atoms with Crippen molar-refractivity contribution in [1.29, 1.82) is 0 Å². The summed E-state index contributed by atoms with van der Waals surface area (Å²) in [6, 6.07) is 0. The van der Waals surface area contributed by atoms with Crippen molar-refractivity contribution in [2.45, 2.75) is 44.9 Å². The fourth-order valence-corrected chi connectivity index (χ4v) is 8.18. The van der Waals surface area contributed by atoms with Gasteiger partial charge in [0.25, 0.3) is 0 Å². The van der Waals surface area contributed by atoms with E-state index < -0.39 is 0 Å². The molecule has 100 valence electrons. The van der Waals surface area contributed by atoms with E-state index in [2.05, 4.69) is 12.6 Å². The number of thiol groups is 1. The standard InChI is InChI=1S/C17H26S/c18-4-3-9-5-12-13(6-9)15-8-14(12)16-10-1-2-11(7-10)17(15)16/h9-18H,1-8H2. The second kappa shape index (κ2) is 3.71. The molecule has 8 unspecified atom stereocenters. The lowest BCUT2D eigenvalue weighted by Crippen LogP contribution is -2.35. The molecule has 5 saturated carbocycles. The van der Waals surface area contributed by atoms with Crippen LogP contribution in [0.3, 0.4) is 0 Å². The van der Waals surface area contributed by atoms with Gasteiger partial charge in [0.15, 0.2) is 0 Å². The first kappa shape index (κ1) is 11.1. The first-order valence-electron chi connectivity index (χ1n) is 8.47. The van der Waals surface area contributed by atoms with Crippen LogP contribution in [0.25, 0.3) is 0 Å². The summed E-state index contributed by atoms with van der Waals surface area (Å²) < 4.78 is 0. The molecule has 0 amide bonds. The van der Waals surface area contributed by atoms with Crippen LogP contribution in [0, 0.1) is 53.3 Å². The van der Waals surface area contributed by atoms with Crippen molar-refractivity contribution in [3.05, 3.63) is 0 Å². The van der Waals surface area contributed by atoms with Gasteiger partial charge in [-0.1, -0.05) is 0 Å². The molecule has 5 aliphatic rings. The Bertz CT molecular complexity index is 335. The Morgan fingerprint density at radius 2 is 1.33 bits per heavy atom. The molecule has 5 rings (SSSR count). The van der Waals surface area contributed by atoms with Crippen LogP contribution in [0.1, 0.15) is 44.9 Å². The number of hydrogen-bond donors (Lipinski definition) is 1. The van der Waals surface area contributed by atoms with Gasteiger partial charge in [-0.15, -0.1) is 0 Å². The lowest BCUT2D eigenvalue weighted by Gasteiger charge is -2.40. The summed E-state index contributed by atoms with van der Waals surface area (Å²) in [5.74, 6) is 11.7. The van der Waals surface area contributed by atoms with Crippen molar-refractivity contribution >= 4 is 12.6 Å². The van der Waals surface area contributed by atoms with Crippen LogP contribution in [0.2, 0.25) is 0 Å². The summed E-state index contributed by atoms with van der Waals surface area (Å²) >= 11 is 4.47. The van der Waals surface area contributed by atoms with E-state index in [1.54, 1.807) is 38.5 Å². The average molecular weight is 262 g/mol. The molecule has 0 N–H and O–H groups in total. The van der Waals surface area contributed by atoms with E-state index in [4.69, 9.17) is 0 Å². The third-order valence-electron chi connectivity index (χ3n) is 7.98. The van der Waals surface area contributed by atoms with E-state index in [0.717, 1.165) is 11.7 Å². The molecule has 4 bridgehead atoms. The van der Waals surface area contributed by atoms with Gasteiger partial charge in [0.1, 0.15) is 0 Å². The summed E-state index contributed by atoms with van der Waals surface area (Å²) in [5.41, 5.74) is 0. The van der Waals surface area contributed by atoms with Gasteiger partial charge in [-0.05, 0) is 104 Å². The minimum absolute atomic E-state index is 1.05. The third kappa shape index (κ3) is 1.21. The third-order valence-corrected chi connectivity index (χ3v) is 8.24. The second-order valence-electron chi connectivity index (χ2n) is 8.23. The summed E-state index contributed by atoms with van der Waals surface area (Å²) in [5, 5.41) is 0. The predicted molar refractivity (Wildman–Crippen MR) is 77.6 cm³/mol. The maximum Gasteiger partial charge on any atom is -0.00953 e. The molecule has 1 heteroatoms. The molecule has 0 aromatic rings. The molecule has 5 fully saturated rings. The highest BCUT2D eigenvalue weighted by Gasteiger charge is 2.66. The zero-order valence-electron chi connectivity index (χ0n) is 11.3. The Morgan fingerprint density at radius 3 is 1.89 bits per heavy atom.